The lowest BCUT2D eigenvalue weighted by molar-refractivity contribution is 0.0524. The number of ether oxygens (including phenoxy) is 2. The predicted molar refractivity (Wildman–Crippen MR) is 107 cm³/mol. The molecule has 0 N–H and O–H groups in total. The van der Waals surface area contributed by atoms with Gasteiger partial charge in [-0.15, -0.1) is 0 Å². The van der Waals surface area contributed by atoms with Gasteiger partial charge in [-0.05, 0) is 30.9 Å². The van der Waals surface area contributed by atoms with Crippen LogP contribution in [0.4, 0.5) is 4.39 Å². The van der Waals surface area contributed by atoms with Gasteiger partial charge in [-0.1, -0.05) is 36.4 Å². The summed E-state index contributed by atoms with van der Waals surface area (Å²) in [6.07, 6.45) is 4.61. The fourth-order valence-corrected chi connectivity index (χ4v) is 3.85. The number of aromatic nitrogens is 1. The average molecular weight is 389 g/mol. The van der Waals surface area contributed by atoms with Crippen LogP contribution in [-0.2, 0) is 4.74 Å². The molecule has 5 rings (SSSR count). The van der Waals surface area contributed by atoms with Crippen LogP contribution in [-0.4, -0.2) is 17.1 Å². The molecule has 6 heteroatoms. The molecular formula is C23H16FNO4. The fourth-order valence-electron chi connectivity index (χ4n) is 3.85. The molecular weight excluding hydrogens is 373 g/mol. The van der Waals surface area contributed by atoms with Gasteiger partial charge >= 0.3 is 5.97 Å². The smallest absolute Gasteiger partial charge is 0.343 e. The number of esters is 1. The van der Waals surface area contributed by atoms with Crippen molar-refractivity contribution in [3.63, 3.8) is 0 Å². The number of pyridine rings is 1. The van der Waals surface area contributed by atoms with E-state index in [0.717, 1.165) is 10.8 Å². The molecule has 0 bridgehead atoms. The monoisotopic (exact) mass is 389 g/mol. The van der Waals surface area contributed by atoms with Crippen molar-refractivity contribution in [2.24, 2.45) is 0 Å². The van der Waals surface area contributed by atoms with Crippen LogP contribution in [0.3, 0.4) is 0 Å². The lowest BCUT2D eigenvalue weighted by Crippen LogP contribution is -2.50. The lowest BCUT2D eigenvalue weighted by atomic mass is 10.1. The quantitative estimate of drug-likeness (QED) is 0.633. The Balaban J connectivity index is 1.99. The average Bonchev–Trinajstić information content (AvgIpc) is 2.89. The summed E-state index contributed by atoms with van der Waals surface area (Å²) in [6, 6.07) is 11.3. The molecule has 0 amide bonds. The fraction of sp³-hybridized carbons (Fsp3) is 0.130. The molecule has 0 saturated heterocycles. The Hall–Kier alpha value is -3.67. The first-order valence-electron chi connectivity index (χ1n) is 9.33. The summed E-state index contributed by atoms with van der Waals surface area (Å²) in [6.45, 7) is 1.83. The van der Waals surface area contributed by atoms with Gasteiger partial charge in [0.2, 0.25) is 5.43 Å². The third kappa shape index (κ3) is 2.52. The third-order valence-electron chi connectivity index (χ3n) is 5.11. The van der Waals surface area contributed by atoms with Gasteiger partial charge < -0.3 is 14.0 Å². The van der Waals surface area contributed by atoms with Crippen LogP contribution in [0.25, 0.3) is 28.3 Å². The summed E-state index contributed by atoms with van der Waals surface area (Å²) in [7, 11) is 0. The van der Waals surface area contributed by atoms with Crippen molar-refractivity contribution in [2.75, 3.05) is 6.61 Å². The van der Waals surface area contributed by atoms with E-state index in [9.17, 15) is 14.0 Å². The van der Waals surface area contributed by atoms with Gasteiger partial charge in [0, 0.05) is 16.8 Å². The maximum absolute atomic E-state index is 14.8. The van der Waals surface area contributed by atoms with E-state index >= 15 is 0 Å². The van der Waals surface area contributed by atoms with Crippen molar-refractivity contribution in [1.82, 2.24) is 4.57 Å². The molecule has 2 aliphatic rings. The maximum atomic E-state index is 14.8. The molecule has 29 heavy (non-hydrogen) atoms. The standard InChI is InChI=1S/C23H16FNO4/c1-2-28-23(27)16-12-25-19-14-7-4-3-6-13(14)10-11-18(19)29-22-17(24)9-5-8-15(20(22)25)21(16)26/h3-4,6-12H,2,5H2,1H3. The van der Waals surface area contributed by atoms with Crippen LogP contribution >= 0.6 is 0 Å². The molecule has 0 unspecified atom stereocenters. The molecule has 1 aromatic heterocycles. The number of rotatable bonds is 2. The molecule has 0 fully saturated rings. The van der Waals surface area contributed by atoms with Crippen LogP contribution < -0.4 is 20.7 Å². The lowest BCUT2D eigenvalue weighted by Gasteiger charge is -2.23. The van der Waals surface area contributed by atoms with Crippen molar-refractivity contribution in [3.8, 4) is 11.4 Å². The second-order valence-electron chi connectivity index (χ2n) is 6.78. The van der Waals surface area contributed by atoms with Crippen LogP contribution in [0.5, 0.6) is 5.75 Å². The van der Waals surface area contributed by atoms with Gasteiger partial charge in [-0.2, -0.15) is 0 Å². The van der Waals surface area contributed by atoms with E-state index in [1.54, 1.807) is 23.6 Å². The van der Waals surface area contributed by atoms with E-state index in [-0.39, 0.29) is 29.6 Å². The number of fused-ring (bicyclic) bond motifs is 4. The summed E-state index contributed by atoms with van der Waals surface area (Å²) in [5.74, 6) is -0.828. The zero-order valence-electron chi connectivity index (χ0n) is 15.6. The number of allylic oxidation sites excluding steroid dienone is 1. The van der Waals surface area contributed by atoms with Crippen molar-refractivity contribution < 1.29 is 18.7 Å². The van der Waals surface area contributed by atoms with Gasteiger partial charge in [0.05, 0.1) is 12.3 Å². The molecule has 0 spiro atoms. The van der Waals surface area contributed by atoms with E-state index in [0.29, 0.717) is 16.8 Å². The highest BCUT2D eigenvalue weighted by atomic mass is 19.1. The first kappa shape index (κ1) is 17.4. The second kappa shape index (κ2) is 6.44. The van der Waals surface area contributed by atoms with Crippen molar-refractivity contribution in [3.05, 3.63) is 80.9 Å². The largest absolute Gasteiger partial charge is 0.462 e. The number of nitrogens with zero attached hydrogens (tertiary/aromatic N) is 1. The number of carbonyl (C=O) groups is 1. The number of benzene rings is 2. The summed E-state index contributed by atoms with van der Waals surface area (Å²) in [4.78, 5) is 25.5. The van der Waals surface area contributed by atoms with E-state index in [4.69, 9.17) is 9.47 Å². The number of hydrogen-bond donors (Lipinski definition) is 0. The minimum atomic E-state index is -0.704. The van der Waals surface area contributed by atoms with Crippen molar-refractivity contribution in [2.45, 2.75) is 13.3 Å². The summed E-state index contributed by atoms with van der Waals surface area (Å²) in [5, 5.41) is 2.35. The van der Waals surface area contributed by atoms with Gasteiger partial charge in [0.1, 0.15) is 10.9 Å². The SMILES string of the molecule is CCOC(=O)c1cn2c3c(c1=O)=CCC=C(F)C=3Oc1ccc3ccccc3c1-2. The number of hydrogen-bond acceptors (Lipinski definition) is 4. The van der Waals surface area contributed by atoms with Gasteiger partial charge in [-0.25, -0.2) is 9.18 Å². The normalized spacial score (nSPS) is 14.1. The highest BCUT2D eigenvalue weighted by Crippen LogP contribution is 2.35. The Labute approximate surface area is 164 Å². The van der Waals surface area contributed by atoms with Gasteiger partial charge in [0.25, 0.3) is 0 Å². The molecule has 2 heterocycles. The van der Waals surface area contributed by atoms with E-state index in [1.807, 2.05) is 30.3 Å². The summed E-state index contributed by atoms with van der Waals surface area (Å²) >= 11 is 0. The Morgan fingerprint density at radius 3 is 2.86 bits per heavy atom. The van der Waals surface area contributed by atoms with Crippen LogP contribution in [0.1, 0.15) is 23.7 Å². The van der Waals surface area contributed by atoms with Crippen molar-refractivity contribution in [1.29, 1.82) is 0 Å². The summed E-state index contributed by atoms with van der Waals surface area (Å²) < 4.78 is 27.5. The van der Waals surface area contributed by atoms with Crippen molar-refractivity contribution >= 4 is 28.6 Å². The minimum absolute atomic E-state index is 0.0240. The first-order chi connectivity index (χ1) is 14.1. The molecule has 5 nitrogen and oxygen atoms in total. The van der Waals surface area contributed by atoms with Crippen LogP contribution in [0.15, 0.2) is 59.3 Å². The molecule has 1 aliphatic heterocycles. The Bertz CT molecular complexity index is 1420. The Morgan fingerprint density at radius 1 is 1.21 bits per heavy atom. The van der Waals surface area contributed by atoms with E-state index < -0.39 is 17.2 Å². The molecule has 0 atom stereocenters. The Morgan fingerprint density at radius 2 is 2.03 bits per heavy atom. The third-order valence-corrected chi connectivity index (χ3v) is 5.11. The molecule has 0 radical (unpaired) electrons. The molecule has 1 aliphatic carbocycles. The van der Waals surface area contributed by atoms with Gasteiger partial charge in [-0.3, -0.25) is 4.79 Å². The van der Waals surface area contributed by atoms with E-state index in [1.165, 1.54) is 12.3 Å². The number of halogens is 1. The van der Waals surface area contributed by atoms with Crippen LogP contribution in [0.2, 0.25) is 0 Å². The second-order valence-corrected chi connectivity index (χ2v) is 6.78. The highest BCUT2D eigenvalue weighted by Gasteiger charge is 2.27. The first-order valence-corrected chi connectivity index (χ1v) is 9.33. The zero-order valence-corrected chi connectivity index (χ0v) is 15.6. The Kier molecular flexibility index (Phi) is 3.87. The highest BCUT2D eigenvalue weighted by molar-refractivity contribution is 5.95. The molecule has 144 valence electrons. The van der Waals surface area contributed by atoms with Gasteiger partial charge in [0.15, 0.2) is 17.3 Å². The zero-order chi connectivity index (χ0) is 20.1. The number of carbonyl (C=O) groups excluding carboxylic acids is 1. The molecule has 0 saturated carbocycles. The molecule has 3 aromatic rings. The molecule has 2 aromatic carbocycles. The maximum Gasteiger partial charge on any atom is 0.343 e. The van der Waals surface area contributed by atoms with E-state index in [2.05, 4.69) is 0 Å². The minimum Gasteiger partial charge on any atom is -0.462 e. The topological polar surface area (TPSA) is 57.5 Å². The summed E-state index contributed by atoms with van der Waals surface area (Å²) in [5.41, 5.74) is 0.0589. The van der Waals surface area contributed by atoms with Crippen LogP contribution in [0, 0.1) is 0 Å². The predicted octanol–water partition coefficient (Wildman–Crippen LogP) is 2.71.